The Labute approximate surface area is 197 Å². The summed E-state index contributed by atoms with van der Waals surface area (Å²) < 4.78 is 18.9. The number of carbonyl (C=O) groups is 1. The van der Waals surface area contributed by atoms with Gasteiger partial charge in [-0.2, -0.15) is 4.98 Å². The predicted octanol–water partition coefficient (Wildman–Crippen LogP) is 4.31. The highest BCUT2D eigenvalue weighted by Gasteiger charge is 2.29. The number of nitrogens with zero attached hydrogens (tertiary/aromatic N) is 4. The van der Waals surface area contributed by atoms with Gasteiger partial charge in [0.25, 0.3) is 5.71 Å². The Hall–Kier alpha value is -3.81. The van der Waals surface area contributed by atoms with Crippen molar-refractivity contribution in [3.8, 4) is 11.3 Å². The van der Waals surface area contributed by atoms with Crippen molar-refractivity contribution in [2.45, 2.75) is 26.2 Å². The second-order valence-electron chi connectivity index (χ2n) is 8.73. The van der Waals surface area contributed by atoms with Crippen LogP contribution in [-0.4, -0.2) is 40.7 Å². The Bertz CT molecular complexity index is 1300. The lowest BCUT2D eigenvalue weighted by molar-refractivity contribution is -0.125. The third-order valence-corrected chi connectivity index (χ3v) is 6.26. The fourth-order valence-electron chi connectivity index (χ4n) is 4.54. The average molecular weight is 460 g/mol. The topological polar surface area (TPSA) is 84.2 Å². The molecule has 0 unspecified atom stereocenters. The van der Waals surface area contributed by atoms with E-state index in [-0.39, 0.29) is 17.6 Å². The van der Waals surface area contributed by atoms with E-state index in [0.29, 0.717) is 35.7 Å². The van der Waals surface area contributed by atoms with E-state index in [0.717, 1.165) is 31.4 Å². The van der Waals surface area contributed by atoms with Crippen LogP contribution in [-0.2, 0) is 11.2 Å². The molecule has 0 bridgehead atoms. The van der Waals surface area contributed by atoms with Crippen molar-refractivity contribution in [2.24, 2.45) is 5.92 Å². The molecule has 1 aliphatic heterocycles. The van der Waals surface area contributed by atoms with Gasteiger partial charge in [0.05, 0.1) is 5.92 Å². The van der Waals surface area contributed by atoms with E-state index in [1.165, 1.54) is 29.6 Å². The van der Waals surface area contributed by atoms with Crippen LogP contribution in [0, 0.1) is 18.7 Å². The average Bonchev–Trinajstić information content (AvgIpc) is 3.29. The van der Waals surface area contributed by atoms with Gasteiger partial charge in [-0.05, 0) is 56.0 Å². The minimum absolute atomic E-state index is 0.0618. The Morgan fingerprint density at radius 1 is 1.21 bits per heavy atom. The van der Waals surface area contributed by atoms with Gasteiger partial charge >= 0.3 is 0 Å². The number of rotatable bonds is 6. The molecule has 0 spiro atoms. The van der Waals surface area contributed by atoms with Gasteiger partial charge in [-0.3, -0.25) is 4.79 Å². The van der Waals surface area contributed by atoms with Crippen molar-refractivity contribution in [3.63, 3.8) is 0 Å². The number of benzene rings is 2. The van der Waals surface area contributed by atoms with Crippen LogP contribution < -0.4 is 10.2 Å². The number of anilines is 1. The summed E-state index contributed by atoms with van der Waals surface area (Å²) >= 11 is 0. The number of aryl methyl sites for hydroxylation is 1. The third-order valence-electron chi connectivity index (χ3n) is 6.26. The number of piperidine rings is 1. The summed E-state index contributed by atoms with van der Waals surface area (Å²) in [5, 5.41) is 7.95. The zero-order chi connectivity index (χ0) is 23.5. The van der Waals surface area contributed by atoms with Crippen molar-refractivity contribution in [2.75, 3.05) is 24.5 Å². The standard InChI is InChI=1S/C26H26FN5O2/c1-17-4-2-5-18(14-17)11-12-28-25(33)20-6-3-13-32(15-20)24-22-23(19-7-9-21(27)10-8-19)31-34-26(22)30-16-29-24/h2,4-5,7-10,14,16,20H,3,6,11-13,15H2,1H3,(H,28,33)/t20-/m1/s1. The van der Waals surface area contributed by atoms with Gasteiger partial charge in [0, 0.05) is 25.2 Å². The van der Waals surface area contributed by atoms with Crippen molar-refractivity contribution in [3.05, 3.63) is 71.8 Å². The Morgan fingerprint density at radius 2 is 2.06 bits per heavy atom. The molecule has 1 atom stereocenters. The number of hydrogen-bond acceptors (Lipinski definition) is 6. The molecule has 2 aromatic heterocycles. The summed E-state index contributed by atoms with van der Waals surface area (Å²) in [5.41, 5.74) is 4.09. The molecule has 1 saturated heterocycles. The number of carbonyl (C=O) groups excluding carboxylic acids is 1. The fraction of sp³-hybridized carbons (Fsp3) is 0.308. The summed E-state index contributed by atoms with van der Waals surface area (Å²) in [6.07, 6.45) is 3.95. The Balaban J connectivity index is 1.31. The third kappa shape index (κ3) is 4.62. The van der Waals surface area contributed by atoms with Gasteiger partial charge < -0.3 is 14.7 Å². The maximum atomic E-state index is 13.4. The molecule has 3 heterocycles. The second-order valence-corrected chi connectivity index (χ2v) is 8.73. The Kier molecular flexibility index (Phi) is 6.20. The monoisotopic (exact) mass is 459 g/mol. The quantitative estimate of drug-likeness (QED) is 0.463. The van der Waals surface area contributed by atoms with Crippen LogP contribution in [0.25, 0.3) is 22.4 Å². The molecule has 174 valence electrons. The molecule has 1 aliphatic rings. The van der Waals surface area contributed by atoms with Crippen molar-refractivity contribution < 1.29 is 13.7 Å². The highest BCUT2D eigenvalue weighted by Crippen LogP contribution is 2.34. The van der Waals surface area contributed by atoms with Crippen LogP contribution in [0.3, 0.4) is 0 Å². The second kappa shape index (κ2) is 9.59. The number of hydrogen-bond donors (Lipinski definition) is 1. The lowest BCUT2D eigenvalue weighted by Crippen LogP contribution is -2.43. The molecule has 0 saturated carbocycles. The lowest BCUT2D eigenvalue weighted by atomic mass is 9.96. The number of halogens is 1. The van der Waals surface area contributed by atoms with Gasteiger partial charge in [-0.15, -0.1) is 0 Å². The molecule has 8 heteroatoms. The zero-order valence-corrected chi connectivity index (χ0v) is 19.0. The molecule has 0 aliphatic carbocycles. The largest absolute Gasteiger partial charge is 0.355 e. The first-order valence-electron chi connectivity index (χ1n) is 11.5. The summed E-state index contributed by atoms with van der Waals surface area (Å²) in [6, 6.07) is 14.4. The van der Waals surface area contributed by atoms with Gasteiger partial charge in [-0.25, -0.2) is 9.37 Å². The smallest absolute Gasteiger partial charge is 0.263 e. The van der Waals surface area contributed by atoms with E-state index in [2.05, 4.69) is 50.5 Å². The summed E-state index contributed by atoms with van der Waals surface area (Å²) in [6.45, 7) is 4.00. The summed E-state index contributed by atoms with van der Waals surface area (Å²) in [5.74, 6) is 0.292. The lowest BCUT2D eigenvalue weighted by Gasteiger charge is -2.33. The molecule has 4 aromatic rings. The van der Waals surface area contributed by atoms with E-state index in [1.807, 2.05) is 6.07 Å². The minimum atomic E-state index is -0.319. The molecular formula is C26H26FN5O2. The van der Waals surface area contributed by atoms with Gasteiger partial charge in [0.1, 0.15) is 29.0 Å². The number of nitrogens with one attached hydrogen (secondary N) is 1. The first kappa shape index (κ1) is 22.0. The highest BCUT2D eigenvalue weighted by atomic mass is 19.1. The molecule has 34 heavy (non-hydrogen) atoms. The normalized spacial score (nSPS) is 16.1. The maximum absolute atomic E-state index is 13.4. The Morgan fingerprint density at radius 3 is 2.88 bits per heavy atom. The van der Waals surface area contributed by atoms with E-state index < -0.39 is 0 Å². The van der Waals surface area contributed by atoms with Gasteiger partial charge in [0.15, 0.2) is 0 Å². The highest BCUT2D eigenvalue weighted by molar-refractivity contribution is 5.98. The van der Waals surface area contributed by atoms with Crippen LogP contribution in [0.2, 0.25) is 0 Å². The first-order chi connectivity index (χ1) is 16.6. The van der Waals surface area contributed by atoms with Crippen LogP contribution in [0.15, 0.2) is 59.4 Å². The molecule has 5 rings (SSSR count). The van der Waals surface area contributed by atoms with Crippen molar-refractivity contribution in [1.29, 1.82) is 0 Å². The summed E-state index contributed by atoms with van der Waals surface area (Å²) in [4.78, 5) is 23.8. The maximum Gasteiger partial charge on any atom is 0.263 e. The zero-order valence-electron chi connectivity index (χ0n) is 19.0. The van der Waals surface area contributed by atoms with Gasteiger partial charge in [0.2, 0.25) is 5.91 Å². The van der Waals surface area contributed by atoms with Gasteiger partial charge in [-0.1, -0.05) is 35.0 Å². The van der Waals surface area contributed by atoms with E-state index in [4.69, 9.17) is 4.52 Å². The van der Waals surface area contributed by atoms with Crippen molar-refractivity contribution in [1.82, 2.24) is 20.4 Å². The van der Waals surface area contributed by atoms with E-state index >= 15 is 0 Å². The minimum Gasteiger partial charge on any atom is -0.355 e. The summed E-state index contributed by atoms with van der Waals surface area (Å²) in [7, 11) is 0. The molecule has 0 radical (unpaired) electrons. The number of aromatic nitrogens is 3. The molecule has 1 amide bonds. The van der Waals surface area contributed by atoms with Crippen LogP contribution in [0.4, 0.5) is 10.2 Å². The van der Waals surface area contributed by atoms with Crippen LogP contribution in [0.5, 0.6) is 0 Å². The van der Waals surface area contributed by atoms with E-state index in [9.17, 15) is 9.18 Å². The van der Waals surface area contributed by atoms with Crippen LogP contribution in [0.1, 0.15) is 24.0 Å². The number of fused-ring (bicyclic) bond motifs is 1. The van der Waals surface area contributed by atoms with E-state index in [1.54, 1.807) is 12.1 Å². The molecule has 1 N–H and O–H groups in total. The first-order valence-corrected chi connectivity index (χ1v) is 11.5. The fourth-order valence-corrected chi connectivity index (χ4v) is 4.54. The molecular weight excluding hydrogens is 433 g/mol. The molecule has 2 aromatic carbocycles. The number of amides is 1. The molecule has 1 fully saturated rings. The van der Waals surface area contributed by atoms with Crippen LogP contribution >= 0.6 is 0 Å². The predicted molar refractivity (Wildman–Crippen MR) is 128 cm³/mol. The van der Waals surface area contributed by atoms with Crippen molar-refractivity contribution >= 4 is 22.8 Å². The molecule has 7 nitrogen and oxygen atoms in total. The SMILES string of the molecule is Cc1cccc(CCNC(=O)[C@@H]2CCCN(c3ncnc4onc(-c5ccc(F)cc5)c34)C2)c1.